The lowest BCUT2D eigenvalue weighted by molar-refractivity contribution is -0.380. The van der Waals surface area contributed by atoms with E-state index in [2.05, 4.69) is 4.98 Å². The molecule has 0 N–H and O–H groups in total. The van der Waals surface area contributed by atoms with E-state index >= 15 is 0 Å². The van der Waals surface area contributed by atoms with Gasteiger partial charge in [0.2, 0.25) is 0 Å². The summed E-state index contributed by atoms with van der Waals surface area (Å²) in [6.07, 6.45) is -5.12. The minimum Gasteiger partial charge on any atom is -0.287 e. The number of amides is 1. The summed E-state index contributed by atoms with van der Waals surface area (Å²) < 4.78 is 38.1. The molecule has 0 aliphatic rings. The van der Waals surface area contributed by atoms with E-state index in [4.69, 9.17) is 0 Å². The summed E-state index contributed by atoms with van der Waals surface area (Å²) >= 11 is 0.698. The fourth-order valence-corrected chi connectivity index (χ4v) is 2.66. The molecule has 1 aromatic heterocycles. The van der Waals surface area contributed by atoms with Crippen LogP contribution in [0, 0.1) is 10.1 Å². The van der Waals surface area contributed by atoms with E-state index in [-0.39, 0.29) is 21.3 Å². The molecule has 0 aliphatic carbocycles. The van der Waals surface area contributed by atoms with Gasteiger partial charge >= 0.3 is 5.00 Å². The fourth-order valence-electron chi connectivity index (χ4n) is 1.97. The van der Waals surface area contributed by atoms with Crippen LogP contribution in [0.3, 0.4) is 0 Å². The Bertz CT molecular complexity index is 754. The van der Waals surface area contributed by atoms with E-state index in [0.29, 0.717) is 11.3 Å². The molecule has 1 aromatic carbocycles. The number of aromatic nitrogens is 1. The standard InChI is InChI=1S/C14H12F3N3O3S/c1-19(14-18-7-11(24-14)20(22)23)13(21)9-5-3-2-4-8(9)6-10(15)12(16)17/h2-5,7,10,12H,6H2,1H3. The van der Waals surface area contributed by atoms with Crippen molar-refractivity contribution < 1.29 is 22.9 Å². The predicted octanol–water partition coefficient (Wildman–Crippen LogP) is 3.47. The first-order valence-electron chi connectivity index (χ1n) is 6.69. The Morgan fingerprint density at radius 2 is 2.04 bits per heavy atom. The maximum atomic E-state index is 13.3. The van der Waals surface area contributed by atoms with Gasteiger partial charge in [0.1, 0.15) is 6.20 Å². The number of carbonyl (C=O) groups excluding carboxylic acids is 1. The third-order valence-electron chi connectivity index (χ3n) is 3.19. The SMILES string of the molecule is CN(C(=O)c1ccccc1CC(F)C(F)F)c1ncc([N+](=O)[O-])s1. The summed E-state index contributed by atoms with van der Waals surface area (Å²) in [5.74, 6) is -0.615. The van der Waals surface area contributed by atoms with Crippen LogP contribution in [0.4, 0.5) is 23.3 Å². The topological polar surface area (TPSA) is 76.3 Å². The Morgan fingerprint density at radius 1 is 1.38 bits per heavy atom. The second-order valence-corrected chi connectivity index (χ2v) is 5.80. The molecule has 0 radical (unpaired) electrons. The van der Waals surface area contributed by atoms with Gasteiger partial charge in [-0.1, -0.05) is 18.2 Å². The Labute approximate surface area is 138 Å². The van der Waals surface area contributed by atoms with E-state index in [1.165, 1.54) is 31.3 Å². The van der Waals surface area contributed by atoms with Crippen molar-refractivity contribution in [1.82, 2.24) is 4.98 Å². The minimum atomic E-state index is -3.15. The Morgan fingerprint density at radius 3 is 2.62 bits per heavy atom. The van der Waals surface area contributed by atoms with E-state index in [1.54, 1.807) is 0 Å². The van der Waals surface area contributed by atoms with Gasteiger partial charge in [-0.2, -0.15) is 0 Å². The van der Waals surface area contributed by atoms with E-state index in [9.17, 15) is 28.1 Å². The average molecular weight is 359 g/mol. The Hall–Kier alpha value is -2.49. The number of rotatable bonds is 6. The van der Waals surface area contributed by atoms with Crippen LogP contribution in [0.15, 0.2) is 30.5 Å². The molecule has 128 valence electrons. The Balaban J connectivity index is 2.26. The van der Waals surface area contributed by atoms with E-state index in [0.717, 1.165) is 11.1 Å². The van der Waals surface area contributed by atoms with Crippen LogP contribution in [-0.2, 0) is 6.42 Å². The van der Waals surface area contributed by atoms with Crippen LogP contribution >= 0.6 is 11.3 Å². The first-order chi connectivity index (χ1) is 11.3. The molecule has 0 spiro atoms. The maximum Gasteiger partial charge on any atom is 0.345 e. The second-order valence-electron chi connectivity index (χ2n) is 4.81. The molecule has 1 unspecified atom stereocenters. The average Bonchev–Trinajstić information content (AvgIpc) is 3.04. The molecular weight excluding hydrogens is 347 g/mol. The van der Waals surface area contributed by atoms with Gasteiger partial charge in [-0.3, -0.25) is 19.8 Å². The van der Waals surface area contributed by atoms with Crippen LogP contribution in [0.1, 0.15) is 15.9 Å². The molecule has 0 saturated carbocycles. The first kappa shape index (κ1) is 17.9. The fraction of sp³-hybridized carbons (Fsp3) is 0.286. The molecule has 1 atom stereocenters. The molecule has 0 bridgehead atoms. The normalized spacial score (nSPS) is 12.2. The monoisotopic (exact) mass is 359 g/mol. The minimum absolute atomic E-state index is 0.0427. The van der Waals surface area contributed by atoms with Gasteiger partial charge in [0.25, 0.3) is 12.3 Å². The van der Waals surface area contributed by atoms with Crippen LogP contribution in [0.2, 0.25) is 0 Å². The highest BCUT2D eigenvalue weighted by Gasteiger charge is 2.25. The van der Waals surface area contributed by atoms with Crippen LogP contribution in [-0.4, -0.2) is 35.5 Å². The number of hydrogen-bond donors (Lipinski definition) is 0. The third-order valence-corrected chi connectivity index (χ3v) is 4.21. The third kappa shape index (κ3) is 3.88. The van der Waals surface area contributed by atoms with Crippen LogP contribution in [0.25, 0.3) is 0 Å². The number of nitrogens with zero attached hydrogens (tertiary/aromatic N) is 3. The quantitative estimate of drug-likeness (QED) is 0.584. The van der Waals surface area contributed by atoms with Crippen molar-refractivity contribution in [3.63, 3.8) is 0 Å². The summed E-state index contributed by atoms with van der Waals surface area (Å²) in [6, 6.07) is 5.80. The van der Waals surface area contributed by atoms with Gasteiger partial charge in [0.15, 0.2) is 11.3 Å². The molecule has 0 aliphatic heterocycles. The van der Waals surface area contributed by atoms with Crippen molar-refractivity contribution in [1.29, 1.82) is 0 Å². The second kappa shape index (κ2) is 7.39. The summed E-state index contributed by atoms with van der Waals surface area (Å²) in [7, 11) is 1.35. The van der Waals surface area contributed by atoms with Crippen molar-refractivity contribution in [3.8, 4) is 0 Å². The summed E-state index contributed by atoms with van der Waals surface area (Å²) in [5, 5.41) is 10.5. The molecule has 2 aromatic rings. The molecule has 10 heteroatoms. The summed E-state index contributed by atoms with van der Waals surface area (Å²) in [6.45, 7) is 0. The zero-order chi connectivity index (χ0) is 17.9. The van der Waals surface area contributed by atoms with Gasteiger partial charge in [0.05, 0.1) is 4.92 Å². The molecular formula is C14H12F3N3O3S. The molecule has 0 fully saturated rings. The van der Waals surface area contributed by atoms with Crippen molar-refractivity contribution >= 4 is 27.4 Å². The summed E-state index contributed by atoms with van der Waals surface area (Å²) in [5.41, 5.74) is 0.175. The predicted molar refractivity (Wildman–Crippen MR) is 82.5 cm³/mol. The van der Waals surface area contributed by atoms with Crippen LogP contribution in [0.5, 0.6) is 0 Å². The molecule has 1 heterocycles. The molecule has 24 heavy (non-hydrogen) atoms. The highest BCUT2D eigenvalue weighted by molar-refractivity contribution is 7.18. The first-order valence-corrected chi connectivity index (χ1v) is 7.51. The highest BCUT2D eigenvalue weighted by Crippen LogP contribution is 2.29. The van der Waals surface area contributed by atoms with Crippen molar-refractivity contribution in [2.45, 2.75) is 19.0 Å². The number of halogens is 3. The van der Waals surface area contributed by atoms with Crippen molar-refractivity contribution in [3.05, 3.63) is 51.7 Å². The smallest absolute Gasteiger partial charge is 0.287 e. The van der Waals surface area contributed by atoms with E-state index in [1.807, 2.05) is 0 Å². The highest BCUT2D eigenvalue weighted by atomic mass is 32.1. The van der Waals surface area contributed by atoms with Gasteiger partial charge in [-0.05, 0) is 23.0 Å². The summed E-state index contributed by atoms with van der Waals surface area (Å²) in [4.78, 5) is 27.4. The zero-order valence-electron chi connectivity index (χ0n) is 12.4. The Kier molecular flexibility index (Phi) is 5.50. The van der Waals surface area contributed by atoms with Crippen molar-refractivity contribution in [2.75, 3.05) is 11.9 Å². The van der Waals surface area contributed by atoms with Crippen LogP contribution < -0.4 is 4.90 Å². The van der Waals surface area contributed by atoms with E-state index < -0.39 is 29.8 Å². The lowest BCUT2D eigenvalue weighted by Gasteiger charge is -2.17. The molecule has 6 nitrogen and oxygen atoms in total. The zero-order valence-corrected chi connectivity index (χ0v) is 13.2. The number of thiazole rings is 1. The lowest BCUT2D eigenvalue weighted by Crippen LogP contribution is -2.28. The van der Waals surface area contributed by atoms with Crippen molar-refractivity contribution in [2.24, 2.45) is 0 Å². The largest absolute Gasteiger partial charge is 0.345 e. The number of anilines is 1. The number of nitro groups is 1. The lowest BCUT2D eigenvalue weighted by atomic mass is 10.0. The molecule has 0 saturated heterocycles. The number of hydrogen-bond acceptors (Lipinski definition) is 5. The van der Waals surface area contributed by atoms with Gasteiger partial charge in [0, 0.05) is 19.0 Å². The molecule has 1 amide bonds. The number of alkyl halides is 3. The maximum absolute atomic E-state index is 13.3. The number of benzene rings is 1. The van der Waals surface area contributed by atoms with Gasteiger partial charge in [-0.25, -0.2) is 18.2 Å². The van der Waals surface area contributed by atoms with Gasteiger partial charge < -0.3 is 0 Å². The number of carbonyl (C=O) groups is 1. The molecule has 2 rings (SSSR count). The van der Waals surface area contributed by atoms with Gasteiger partial charge in [-0.15, -0.1) is 0 Å².